The van der Waals surface area contributed by atoms with Crippen LogP contribution in [0.15, 0.2) is 28.4 Å². The maximum atomic E-state index is 14.1. The number of ketones is 2. The SMILES string of the molecule is Cc1csc(NCc2cc(N(C)C)c3c(c2O)C(O)=C2C(=O)[C@]4(O)C(O)=C(C(N)=O)C(=O)[C@@H](N(C)C)[C@@H]4C[C@@H]2C3)n1. The van der Waals surface area contributed by atoms with E-state index in [-0.39, 0.29) is 36.3 Å². The van der Waals surface area contributed by atoms with E-state index in [4.69, 9.17) is 5.73 Å². The largest absolute Gasteiger partial charge is 0.508 e. The number of aliphatic hydroxyl groups is 3. The molecule has 1 aromatic carbocycles. The number of anilines is 2. The van der Waals surface area contributed by atoms with Crippen molar-refractivity contribution < 1.29 is 34.8 Å². The Labute approximate surface area is 240 Å². The Morgan fingerprint density at radius 1 is 1.22 bits per heavy atom. The van der Waals surface area contributed by atoms with Gasteiger partial charge in [-0.25, -0.2) is 4.98 Å². The highest BCUT2D eigenvalue weighted by atomic mass is 32.1. The maximum absolute atomic E-state index is 14.1. The maximum Gasteiger partial charge on any atom is 0.255 e. The highest BCUT2D eigenvalue weighted by Gasteiger charge is 2.64. The summed E-state index contributed by atoms with van der Waals surface area (Å²) in [6.07, 6.45) is 0.251. The van der Waals surface area contributed by atoms with Crippen molar-refractivity contribution in [2.75, 3.05) is 38.4 Å². The second-order valence-corrected chi connectivity index (χ2v) is 12.1. The van der Waals surface area contributed by atoms with E-state index in [1.807, 2.05) is 31.3 Å². The second kappa shape index (κ2) is 9.86. The molecule has 1 fully saturated rings. The third-order valence-electron chi connectivity index (χ3n) is 8.31. The molecule has 218 valence electrons. The molecule has 0 radical (unpaired) electrons. The zero-order valence-electron chi connectivity index (χ0n) is 23.3. The molecular formula is C28H33N5O7S. The molecule has 1 saturated carbocycles. The predicted octanol–water partition coefficient (Wildman–Crippen LogP) is 1.41. The van der Waals surface area contributed by atoms with E-state index in [2.05, 4.69) is 10.3 Å². The molecule has 1 amide bonds. The normalized spacial score (nSPS) is 25.7. The van der Waals surface area contributed by atoms with E-state index in [1.54, 1.807) is 20.2 Å². The van der Waals surface area contributed by atoms with Crippen molar-refractivity contribution in [2.45, 2.75) is 38.0 Å². The molecule has 13 heteroatoms. The van der Waals surface area contributed by atoms with Crippen LogP contribution in [0, 0.1) is 18.8 Å². The molecule has 0 unspecified atom stereocenters. The van der Waals surface area contributed by atoms with Gasteiger partial charge in [0.1, 0.15) is 22.8 Å². The predicted molar refractivity (Wildman–Crippen MR) is 153 cm³/mol. The summed E-state index contributed by atoms with van der Waals surface area (Å²) in [4.78, 5) is 47.2. The molecule has 4 atom stereocenters. The van der Waals surface area contributed by atoms with Crippen molar-refractivity contribution in [1.82, 2.24) is 9.88 Å². The fraction of sp³-hybridized carbons (Fsp3) is 0.429. The Morgan fingerprint density at radius 3 is 2.46 bits per heavy atom. The van der Waals surface area contributed by atoms with Gasteiger partial charge in [-0.1, -0.05) is 0 Å². The lowest BCUT2D eigenvalue weighted by Gasteiger charge is -2.50. The van der Waals surface area contributed by atoms with Crippen molar-refractivity contribution in [1.29, 1.82) is 0 Å². The number of rotatable bonds is 6. The van der Waals surface area contributed by atoms with Gasteiger partial charge in [-0.2, -0.15) is 0 Å². The first-order valence-electron chi connectivity index (χ1n) is 13.1. The number of carbonyl (C=O) groups is 3. The number of aliphatic hydroxyl groups excluding tert-OH is 2. The summed E-state index contributed by atoms with van der Waals surface area (Å²) in [5.41, 5.74) is 4.36. The number of Topliss-reactive ketones (excluding diaryl/α,β-unsaturated/α-hetero) is 2. The van der Waals surface area contributed by atoms with Gasteiger partial charge in [-0.05, 0) is 51.4 Å². The first-order valence-corrected chi connectivity index (χ1v) is 13.9. The second-order valence-electron chi connectivity index (χ2n) is 11.3. The highest BCUT2D eigenvalue weighted by molar-refractivity contribution is 7.13. The van der Waals surface area contributed by atoms with Crippen LogP contribution in [-0.2, 0) is 27.3 Å². The number of hydrogen-bond donors (Lipinski definition) is 6. The standard InChI is InChI=1S/C28H33N5O7S/c1-11-10-41-27(31-11)30-9-13-8-16(32(2)3)14-6-12-7-15-20(33(4)5)23(36)19(26(29)39)25(38)28(15,40)24(37)17(12)22(35)18(14)21(13)34/h8,10,12,15,20,34-35,38,40H,6-7,9H2,1-5H3,(H2,29,39)(H,30,31)/t12-,15-,20-,28-/m0/s1. The Kier molecular flexibility index (Phi) is 6.87. The van der Waals surface area contributed by atoms with Crippen molar-refractivity contribution in [3.63, 3.8) is 0 Å². The molecule has 41 heavy (non-hydrogen) atoms. The van der Waals surface area contributed by atoms with E-state index in [9.17, 15) is 34.8 Å². The monoisotopic (exact) mass is 583 g/mol. The molecule has 0 saturated heterocycles. The number of benzene rings is 1. The molecule has 7 N–H and O–H groups in total. The van der Waals surface area contributed by atoms with Crippen molar-refractivity contribution in [3.05, 3.63) is 50.7 Å². The Hall–Kier alpha value is -3.94. The average Bonchev–Trinajstić information content (AvgIpc) is 3.30. The van der Waals surface area contributed by atoms with Gasteiger partial charge in [0, 0.05) is 48.8 Å². The van der Waals surface area contributed by atoms with Crippen LogP contribution in [-0.4, -0.2) is 87.6 Å². The molecule has 0 spiro atoms. The lowest BCUT2D eigenvalue weighted by Crippen LogP contribution is -2.65. The summed E-state index contributed by atoms with van der Waals surface area (Å²) >= 11 is 1.41. The topological polar surface area (TPSA) is 190 Å². The van der Waals surface area contributed by atoms with Crippen LogP contribution in [0.25, 0.3) is 5.76 Å². The molecule has 0 aliphatic heterocycles. The number of thiazole rings is 1. The average molecular weight is 584 g/mol. The summed E-state index contributed by atoms with van der Waals surface area (Å²) in [5.74, 6) is -6.72. The number of phenols is 1. The molecule has 3 aliphatic carbocycles. The summed E-state index contributed by atoms with van der Waals surface area (Å²) in [6, 6.07) is 0.679. The first kappa shape index (κ1) is 28.6. The van der Waals surface area contributed by atoms with Crippen LogP contribution in [0.3, 0.4) is 0 Å². The Bertz CT molecular complexity index is 1560. The number of nitrogens with zero attached hydrogens (tertiary/aromatic N) is 3. The molecule has 1 heterocycles. The zero-order chi connectivity index (χ0) is 30.1. The highest BCUT2D eigenvalue weighted by Crippen LogP contribution is 2.54. The number of amides is 1. The summed E-state index contributed by atoms with van der Waals surface area (Å²) in [7, 11) is 6.78. The number of aromatic hydroxyl groups is 1. The quantitative estimate of drug-likeness (QED) is 0.270. The number of primary amides is 1. The van der Waals surface area contributed by atoms with E-state index in [1.165, 1.54) is 16.2 Å². The minimum absolute atomic E-state index is 0.0338. The van der Waals surface area contributed by atoms with Crippen LogP contribution < -0.4 is 16.0 Å². The number of hydrogen-bond acceptors (Lipinski definition) is 12. The summed E-state index contributed by atoms with van der Waals surface area (Å²) in [5, 5.41) is 51.5. The van der Waals surface area contributed by atoms with Crippen LogP contribution >= 0.6 is 11.3 Å². The minimum Gasteiger partial charge on any atom is -0.508 e. The lowest BCUT2D eigenvalue weighted by atomic mass is 9.57. The fourth-order valence-corrected chi connectivity index (χ4v) is 7.17. The molecule has 12 nitrogen and oxygen atoms in total. The van der Waals surface area contributed by atoms with E-state index in [0.29, 0.717) is 21.9 Å². The molecule has 0 bridgehead atoms. The Morgan fingerprint density at radius 2 is 1.90 bits per heavy atom. The van der Waals surface area contributed by atoms with Crippen molar-refractivity contribution >= 4 is 45.4 Å². The molecule has 2 aromatic rings. The van der Waals surface area contributed by atoms with E-state index < -0.39 is 58.0 Å². The number of fused-ring (bicyclic) bond motifs is 3. The van der Waals surface area contributed by atoms with Crippen molar-refractivity contribution in [2.24, 2.45) is 17.6 Å². The fourth-order valence-electron chi connectivity index (χ4n) is 6.49. The molecule has 5 rings (SSSR count). The lowest BCUT2D eigenvalue weighted by molar-refractivity contribution is -0.153. The third-order valence-corrected chi connectivity index (χ3v) is 9.22. The van der Waals surface area contributed by atoms with E-state index in [0.717, 1.165) is 5.69 Å². The van der Waals surface area contributed by atoms with E-state index >= 15 is 0 Å². The van der Waals surface area contributed by atoms with Gasteiger partial charge in [0.05, 0.1) is 17.3 Å². The van der Waals surface area contributed by atoms with Crippen LogP contribution in [0.2, 0.25) is 0 Å². The van der Waals surface area contributed by atoms with Gasteiger partial charge < -0.3 is 36.4 Å². The van der Waals surface area contributed by atoms with Crippen LogP contribution in [0.4, 0.5) is 10.8 Å². The summed E-state index contributed by atoms with van der Waals surface area (Å²) in [6.45, 7) is 2.04. The van der Waals surface area contributed by atoms with Gasteiger partial charge in [-0.15, -0.1) is 11.3 Å². The van der Waals surface area contributed by atoms with Gasteiger partial charge in [-0.3, -0.25) is 19.3 Å². The summed E-state index contributed by atoms with van der Waals surface area (Å²) < 4.78 is 0. The third kappa shape index (κ3) is 4.18. The minimum atomic E-state index is -2.67. The van der Waals surface area contributed by atoms with Gasteiger partial charge in [0.25, 0.3) is 5.91 Å². The number of nitrogens with two attached hydrogens (primary N) is 1. The molecule has 3 aliphatic rings. The number of nitrogens with one attached hydrogen (secondary N) is 1. The number of aryl methyl sites for hydroxylation is 1. The van der Waals surface area contributed by atoms with Gasteiger partial charge in [0.15, 0.2) is 16.5 Å². The van der Waals surface area contributed by atoms with Gasteiger partial charge in [0.2, 0.25) is 5.78 Å². The van der Waals surface area contributed by atoms with Crippen LogP contribution in [0.1, 0.15) is 28.8 Å². The van der Waals surface area contributed by atoms with Gasteiger partial charge >= 0.3 is 0 Å². The Balaban J connectivity index is 1.67. The molecule has 1 aromatic heterocycles. The molecular weight excluding hydrogens is 550 g/mol. The van der Waals surface area contributed by atoms with Crippen LogP contribution in [0.5, 0.6) is 5.75 Å². The smallest absolute Gasteiger partial charge is 0.255 e. The first-order chi connectivity index (χ1) is 19.2. The number of aromatic nitrogens is 1. The number of phenolic OH excluding ortho intramolecular Hbond substituents is 1. The number of likely N-dealkylation sites (N-methyl/N-ethyl adjacent to an activating group) is 1. The van der Waals surface area contributed by atoms with Crippen molar-refractivity contribution in [3.8, 4) is 5.75 Å². The zero-order valence-corrected chi connectivity index (χ0v) is 24.2. The number of carbonyl (C=O) groups excluding carboxylic acids is 3.